The molecule has 1 rings (SSSR count). The van der Waals surface area contributed by atoms with Gasteiger partial charge in [0.25, 0.3) is 5.91 Å². The number of rotatable bonds is 6. The molecule has 1 heterocycles. The number of aromatic nitrogens is 1. The molecule has 106 valence electrons. The highest BCUT2D eigenvalue weighted by Gasteiger charge is 2.20. The number of amides is 1. The number of aliphatic carboxylic acids is 1. The molecule has 0 bridgehead atoms. The van der Waals surface area contributed by atoms with Crippen molar-refractivity contribution < 1.29 is 14.7 Å². The van der Waals surface area contributed by atoms with E-state index in [0.717, 1.165) is 5.69 Å². The Balaban J connectivity index is 2.62. The van der Waals surface area contributed by atoms with E-state index in [2.05, 4.69) is 5.32 Å². The van der Waals surface area contributed by atoms with Crippen LogP contribution in [-0.2, 0) is 11.8 Å². The van der Waals surface area contributed by atoms with Crippen molar-refractivity contribution in [2.75, 3.05) is 6.54 Å². The predicted octanol–water partition coefficient (Wildman–Crippen LogP) is 1.81. The van der Waals surface area contributed by atoms with Gasteiger partial charge in [-0.05, 0) is 31.4 Å². The first-order valence-electron chi connectivity index (χ1n) is 6.46. The van der Waals surface area contributed by atoms with Gasteiger partial charge in [0, 0.05) is 19.3 Å². The lowest BCUT2D eigenvalue weighted by atomic mass is 9.97. The molecule has 19 heavy (non-hydrogen) atoms. The van der Waals surface area contributed by atoms with Crippen molar-refractivity contribution in [2.45, 2.75) is 27.2 Å². The molecule has 0 aliphatic rings. The van der Waals surface area contributed by atoms with Crippen molar-refractivity contribution in [2.24, 2.45) is 18.9 Å². The summed E-state index contributed by atoms with van der Waals surface area (Å²) in [6, 6.07) is 3.60. The molecule has 5 nitrogen and oxygen atoms in total. The van der Waals surface area contributed by atoms with Crippen LogP contribution in [0.15, 0.2) is 12.1 Å². The Kier molecular flexibility index (Phi) is 5.15. The number of aryl methyl sites for hydroxylation is 1. The fourth-order valence-corrected chi connectivity index (χ4v) is 1.99. The molecule has 0 fully saturated rings. The molecule has 1 unspecified atom stereocenters. The van der Waals surface area contributed by atoms with Crippen molar-refractivity contribution in [3.05, 3.63) is 23.5 Å². The number of nitrogens with one attached hydrogen (secondary N) is 1. The minimum atomic E-state index is -0.864. The van der Waals surface area contributed by atoms with Gasteiger partial charge in [-0.25, -0.2) is 0 Å². The molecule has 0 aliphatic heterocycles. The van der Waals surface area contributed by atoms with E-state index in [9.17, 15) is 9.59 Å². The summed E-state index contributed by atoms with van der Waals surface area (Å²) in [6.07, 6.45) is 0.557. The van der Waals surface area contributed by atoms with Crippen LogP contribution < -0.4 is 5.32 Å². The summed E-state index contributed by atoms with van der Waals surface area (Å²) in [5.74, 6) is -1.34. The van der Waals surface area contributed by atoms with E-state index in [0.29, 0.717) is 12.1 Å². The zero-order valence-electron chi connectivity index (χ0n) is 11.9. The minimum Gasteiger partial charge on any atom is -0.481 e. The van der Waals surface area contributed by atoms with Crippen LogP contribution >= 0.6 is 0 Å². The maximum atomic E-state index is 12.0. The van der Waals surface area contributed by atoms with Crippen molar-refractivity contribution in [1.82, 2.24) is 9.88 Å². The molecule has 0 radical (unpaired) electrons. The van der Waals surface area contributed by atoms with E-state index in [1.807, 2.05) is 33.9 Å². The maximum absolute atomic E-state index is 12.0. The van der Waals surface area contributed by atoms with Gasteiger partial charge >= 0.3 is 5.97 Å². The molecule has 0 spiro atoms. The standard InChI is InChI=1S/C14H22N2O3/c1-9(2)7-11(14(18)19)8-15-13(17)12-6-5-10(3)16(12)4/h5-6,9,11H,7-8H2,1-4H3,(H,15,17)(H,18,19). The van der Waals surface area contributed by atoms with Crippen molar-refractivity contribution >= 4 is 11.9 Å². The van der Waals surface area contributed by atoms with Crippen molar-refractivity contribution in [3.63, 3.8) is 0 Å². The quantitative estimate of drug-likeness (QED) is 0.825. The Labute approximate surface area is 113 Å². The van der Waals surface area contributed by atoms with Crippen LogP contribution in [0.3, 0.4) is 0 Å². The van der Waals surface area contributed by atoms with Crippen LogP contribution in [0.4, 0.5) is 0 Å². The molecule has 0 aliphatic carbocycles. The molecular formula is C14H22N2O3. The molecule has 1 aromatic rings. The average Bonchev–Trinajstić information content (AvgIpc) is 2.64. The third kappa shape index (κ3) is 4.12. The number of hydrogen-bond donors (Lipinski definition) is 2. The Bertz CT molecular complexity index is 463. The fourth-order valence-electron chi connectivity index (χ4n) is 1.99. The van der Waals surface area contributed by atoms with E-state index in [1.54, 1.807) is 10.6 Å². The SMILES string of the molecule is Cc1ccc(C(=O)NCC(CC(C)C)C(=O)O)n1C. The molecule has 0 saturated carbocycles. The first-order valence-corrected chi connectivity index (χ1v) is 6.46. The first-order chi connectivity index (χ1) is 8.82. The number of carboxylic acids is 1. The molecule has 0 aromatic carbocycles. The summed E-state index contributed by atoms with van der Waals surface area (Å²) in [7, 11) is 1.81. The lowest BCUT2D eigenvalue weighted by Crippen LogP contribution is -2.34. The van der Waals surface area contributed by atoms with Gasteiger partial charge in [-0.1, -0.05) is 13.8 Å². The van der Waals surface area contributed by atoms with E-state index in [4.69, 9.17) is 5.11 Å². The maximum Gasteiger partial charge on any atom is 0.308 e. The van der Waals surface area contributed by atoms with Gasteiger partial charge in [0.15, 0.2) is 0 Å². The van der Waals surface area contributed by atoms with E-state index >= 15 is 0 Å². The van der Waals surface area contributed by atoms with Gasteiger partial charge in [-0.3, -0.25) is 9.59 Å². The van der Waals surface area contributed by atoms with Crippen molar-refractivity contribution in [3.8, 4) is 0 Å². The third-order valence-electron chi connectivity index (χ3n) is 3.22. The Morgan fingerprint density at radius 2 is 2.00 bits per heavy atom. The van der Waals surface area contributed by atoms with Gasteiger partial charge in [-0.2, -0.15) is 0 Å². The Morgan fingerprint density at radius 1 is 1.37 bits per heavy atom. The lowest BCUT2D eigenvalue weighted by molar-refractivity contribution is -0.142. The zero-order valence-corrected chi connectivity index (χ0v) is 11.9. The molecule has 1 atom stereocenters. The van der Waals surface area contributed by atoms with E-state index in [-0.39, 0.29) is 18.4 Å². The third-order valence-corrected chi connectivity index (χ3v) is 3.22. The van der Waals surface area contributed by atoms with Crippen LogP contribution in [0, 0.1) is 18.8 Å². The minimum absolute atomic E-state index is 0.163. The second-order valence-electron chi connectivity index (χ2n) is 5.29. The molecule has 1 aromatic heterocycles. The highest BCUT2D eigenvalue weighted by atomic mass is 16.4. The van der Waals surface area contributed by atoms with E-state index in [1.165, 1.54) is 0 Å². The lowest BCUT2D eigenvalue weighted by Gasteiger charge is -2.15. The molecule has 1 amide bonds. The molecule has 0 saturated heterocycles. The summed E-state index contributed by atoms with van der Waals surface area (Å²) in [6.45, 7) is 6.02. The van der Waals surface area contributed by atoms with Gasteiger partial charge in [-0.15, -0.1) is 0 Å². The van der Waals surface area contributed by atoms with Gasteiger partial charge in [0.1, 0.15) is 5.69 Å². The second kappa shape index (κ2) is 6.41. The highest BCUT2D eigenvalue weighted by Crippen LogP contribution is 2.12. The Morgan fingerprint density at radius 3 is 2.42 bits per heavy atom. The summed E-state index contributed by atoms with van der Waals surface area (Å²) < 4.78 is 1.79. The van der Waals surface area contributed by atoms with Gasteiger partial charge in [0.2, 0.25) is 0 Å². The van der Waals surface area contributed by atoms with Crippen LogP contribution in [-0.4, -0.2) is 28.1 Å². The number of hydrogen-bond acceptors (Lipinski definition) is 2. The first kappa shape index (κ1) is 15.3. The topological polar surface area (TPSA) is 71.3 Å². The van der Waals surface area contributed by atoms with Crippen LogP contribution in [0.5, 0.6) is 0 Å². The van der Waals surface area contributed by atoms with Crippen LogP contribution in [0.25, 0.3) is 0 Å². The summed E-state index contributed by atoms with van der Waals surface area (Å²) in [4.78, 5) is 23.1. The smallest absolute Gasteiger partial charge is 0.308 e. The summed E-state index contributed by atoms with van der Waals surface area (Å²) in [5, 5.41) is 11.8. The number of nitrogens with zero attached hydrogens (tertiary/aromatic N) is 1. The highest BCUT2D eigenvalue weighted by molar-refractivity contribution is 5.93. The van der Waals surface area contributed by atoms with Crippen molar-refractivity contribution in [1.29, 1.82) is 0 Å². The molecular weight excluding hydrogens is 244 g/mol. The van der Waals surface area contributed by atoms with Crippen LogP contribution in [0.1, 0.15) is 36.5 Å². The van der Waals surface area contributed by atoms with E-state index < -0.39 is 11.9 Å². The van der Waals surface area contributed by atoms with Crippen LogP contribution in [0.2, 0.25) is 0 Å². The fraction of sp³-hybridized carbons (Fsp3) is 0.571. The normalized spacial score (nSPS) is 12.5. The number of carbonyl (C=O) groups excluding carboxylic acids is 1. The average molecular weight is 266 g/mol. The second-order valence-corrected chi connectivity index (χ2v) is 5.29. The zero-order chi connectivity index (χ0) is 14.6. The predicted molar refractivity (Wildman–Crippen MR) is 73.1 cm³/mol. The summed E-state index contributed by atoms with van der Waals surface area (Å²) in [5.41, 5.74) is 1.54. The number of carboxylic acid groups (broad SMARTS) is 1. The molecule has 2 N–H and O–H groups in total. The Hall–Kier alpha value is -1.78. The molecule has 5 heteroatoms. The summed E-state index contributed by atoms with van der Waals surface area (Å²) >= 11 is 0. The van der Waals surface area contributed by atoms with Gasteiger partial charge in [0.05, 0.1) is 5.92 Å². The monoisotopic (exact) mass is 266 g/mol. The van der Waals surface area contributed by atoms with Gasteiger partial charge < -0.3 is 15.0 Å². The largest absolute Gasteiger partial charge is 0.481 e. The number of carbonyl (C=O) groups is 2.